The molecule has 0 saturated heterocycles. The summed E-state index contributed by atoms with van der Waals surface area (Å²) in [6.45, 7) is 0. The number of aromatic nitrogens is 1. The molecule has 0 saturated carbocycles. The SMILES string of the molecule is O=c1cc(-c2c(F)c(F)c(F)c(F)c2F)[nH]c(-c2c(F)c(F)c(F)c(F)c2F)c1. The Bertz CT molecular complexity index is 1090. The van der Waals surface area contributed by atoms with Crippen LogP contribution >= 0.6 is 0 Å². The summed E-state index contributed by atoms with van der Waals surface area (Å²) in [5, 5.41) is 0. The second-order valence-electron chi connectivity index (χ2n) is 5.53. The van der Waals surface area contributed by atoms with Gasteiger partial charge in [-0.15, -0.1) is 0 Å². The molecular formula is C17H3F10NO. The maximum atomic E-state index is 13.9. The Labute approximate surface area is 153 Å². The van der Waals surface area contributed by atoms with Crippen molar-refractivity contribution in [2.45, 2.75) is 0 Å². The predicted octanol–water partition coefficient (Wildman–Crippen LogP) is 5.10. The topological polar surface area (TPSA) is 32.9 Å². The lowest BCUT2D eigenvalue weighted by molar-refractivity contribution is 0.380. The third-order valence-corrected chi connectivity index (χ3v) is 3.80. The minimum Gasteiger partial charge on any atom is -0.354 e. The van der Waals surface area contributed by atoms with Gasteiger partial charge in [0.05, 0.1) is 22.5 Å². The van der Waals surface area contributed by atoms with E-state index >= 15 is 0 Å². The van der Waals surface area contributed by atoms with Gasteiger partial charge in [0.15, 0.2) is 52.0 Å². The third-order valence-electron chi connectivity index (χ3n) is 3.80. The molecule has 0 spiro atoms. The molecule has 152 valence electrons. The van der Waals surface area contributed by atoms with Crippen molar-refractivity contribution in [3.63, 3.8) is 0 Å². The van der Waals surface area contributed by atoms with Crippen LogP contribution in [0.3, 0.4) is 0 Å². The zero-order valence-electron chi connectivity index (χ0n) is 13.3. The van der Waals surface area contributed by atoms with E-state index in [1.165, 1.54) is 0 Å². The zero-order chi connectivity index (χ0) is 21.8. The molecule has 12 heteroatoms. The quantitative estimate of drug-likeness (QED) is 0.345. The van der Waals surface area contributed by atoms with Gasteiger partial charge in [0.25, 0.3) is 0 Å². The molecule has 1 aromatic heterocycles. The molecule has 2 nitrogen and oxygen atoms in total. The van der Waals surface area contributed by atoms with Crippen molar-refractivity contribution in [3.05, 3.63) is 80.5 Å². The lowest BCUT2D eigenvalue weighted by atomic mass is 10.0. The van der Waals surface area contributed by atoms with Crippen molar-refractivity contribution >= 4 is 0 Å². The first kappa shape index (κ1) is 20.4. The van der Waals surface area contributed by atoms with Crippen LogP contribution in [-0.4, -0.2) is 4.98 Å². The summed E-state index contributed by atoms with van der Waals surface area (Å²) in [5.41, 5.74) is -6.98. The summed E-state index contributed by atoms with van der Waals surface area (Å²) in [4.78, 5) is 13.5. The van der Waals surface area contributed by atoms with E-state index in [2.05, 4.69) is 0 Å². The Balaban J connectivity index is 2.39. The summed E-state index contributed by atoms with van der Waals surface area (Å²) in [7, 11) is 0. The fourth-order valence-corrected chi connectivity index (χ4v) is 2.50. The number of H-pyrrole nitrogens is 1. The number of benzene rings is 2. The number of aromatic amines is 1. The molecule has 2 aromatic carbocycles. The fraction of sp³-hybridized carbons (Fsp3) is 0. The summed E-state index contributed by atoms with van der Waals surface area (Å²) >= 11 is 0. The van der Waals surface area contributed by atoms with Crippen molar-refractivity contribution in [3.8, 4) is 22.5 Å². The molecule has 0 fully saturated rings. The van der Waals surface area contributed by atoms with Crippen LogP contribution in [0.15, 0.2) is 16.9 Å². The Morgan fingerprint density at radius 2 is 0.690 bits per heavy atom. The number of halogens is 10. The van der Waals surface area contributed by atoms with E-state index in [-0.39, 0.29) is 0 Å². The molecule has 0 aliphatic heterocycles. The van der Waals surface area contributed by atoms with Crippen molar-refractivity contribution in [2.24, 2.45) is 0 Å². The fourth-order valence-electron chi connectivity index (χ4n) is 2.50. The molecule has 29 heavy (non-hydrogen) atoms. The maximum Gasteiger partial charge on any atom is 0.200 e. The molecule has 0 bridgehead atoms. The third kappa shape index (κ3) is 3.04. The first-order chi connectivity index (χ1) is 13.5. The minimum absolute atomic E-state index is 0.299. The smallest absolute Gasteiger partial charge is 0.200 e. The van der Waals surface area contributed by atoms with Crippen molar-refractivity contribution in [1.29, 1.82) is 0 Å². The van der Waals surface area contributed by atoms with Gasteiger partial charge in [-0.1, -0.05) is 0 Å². The van der Waals surface area contributed by atoms with Gasteiger partial charge >= 0.3 is 0 Å². The summed E-state index contributed by atoms with van der Waals surface area (Å²) in [6.07, 6.45) is 0. The van der Waals surface area contributed by atoms with E-state index in [1.54, 1.807) is 4.98 Å². The lowest BCUT2D eigenvalue weighted by Gasteiger charge is -2.12. The highest BCUT2D eigenvalue weighted by atomic mass is 19.2. The standard InChI is InChI=1S/C17H3F10NO/c18-8-6(9(19)13(23)16(26)12(8)22)4-1-3(29)2-5(28-4)7-10(20)14(24)17(27)15(25)11(7)21/h1-2H,(H,28,29). The van der Waals surface area contributed by atoms with E-state index in [1.807, 2.05) is 0 Å². The highest BCUT2D eigenvalue weighted by Crippen LogP contribution is 2.33. The zero-order valence-corrected chi connectivity index (χ0v) is 13.3. The Morgan fingerprint density at radius 3 is 0.966 bits per heavy atom. The molecule has 0 amide bonds. The number of pyridine rings is 1. The van der Waals surface area contributed by atoms with Gasteiger partial charge in [-0.05, 0) is 0 Å². The van der Waals surface area contributed by atoms with Crippen molar-refractivity contribution in [2.75, 3.05) is 0 Å². The maximum absolute atomic E-state index is 13.9. The predicted molar refractivity (Wildman–Crippen MR) is 77.5 cm³/mol. The van der Waals surface area contributed by atoms with Crippen LogP contribution in [-0.2, 0) is 0 Å². The van der Waals surface area contributed by atoms with Gasteiger partial charge in [0.1, 0.15) is 0 Å². The van der Waals surface area contributed by atoms with Crippen LogP contribution in [0.4, 0.5) is 43.9 Å². The number of hydrogen-bond donors (Lipinski definition) is 1. The van der Waals surface area contributed by atoms with E-state index in [0.717, 1.165) is 0 Å². The molecule has 0 atom stereocenters. The van der Waals surface area contributed by atoms with E-state index < -0.39 is 86.1 Å². The second-order valence-corrected chi connectivity index (χ2v) is 5.53. The molecule has 3 aromatic rings. The average molecular weight is 427 g/mol. The van der Waals surface area contributed by atoms with Crippen LogP contribution in [0.1, 0.15) is 0 Å². The molecule has 0 aliphatic carbocycles. The van der Waals surface area contributed by atoms with Gasteiger partial charge < -0.3 is 4.98 Å². The highest BCUT2D eigenvalue weighted by molar-refractivity contribution is 5.68. The van der Waals surface area contributed by atoms with Gasteiger partial charge in [-0.3, -0.25) is 4.79 Å². The molecular weight excluding hydrogens is 424 g/mol. The van der Waals surface area contributed by atoms with Crippen LogP contribution in [0, 0.1) is 58.2 Å². The number of nitrogens with one attached hydrogen (secondary N) is 1. The average Bonchev–Trinajstić information content (AvgIpc) is 2.67. The highest BCUT2D eigenvalue weighted by Gasteiger charge is 2.30. The molecule has 0 aliphatic rings. The first-order valence-corrected chi connectivity index (χ1v) is 7.25. The van der Waals surface area contributed by atoms with Crippen LogP contribution in [0.5, 0.6) is 0 Å². The van der Waals surface area contributed by atoms with E-state index in [9.17, 15) is 48.7 Å². The van der Waals surface area contributed by atoms with Crippen LogP contribution in [0.2, 0.25) is 0 Å². The van der Waals surface area contributed by atoms with Crippen LogP contribution < -0.4 is 5.43 Å². The molecule has 1 heterocycles. The van der Waals surface area contributed by atoms with Crippen molar-refractivity contribution < 1.29 is 43.9 Å². The van der Waals surface area contributed by atoms with Gasteiger partial charge in [-0.25, -0.2) is 43.9 Å². The van der Waals surface area contributed by atoms with Crippen LogP contribution in [0.25, 0.3) is 22.5 Å². The summed E-state index contributed by atoms with van der Waals surface area (Å²) in [5.74, 6) is -24.2. The lowest BCUT2D eigenvalue weighted by Crippen LogP contribution is -2.10. The van der Waals surface area contributed by atoms with E-state index in [0.29, 0.717) is 12.1 Å². The first-order valence-electron chi connectivity index (χ1n) is 7.25. The normalized spacial score (nSPS) is 11.2. The molecule has 0 unspecified atom stereocenters. The molecule has 1 N–H and O–H groups in total. The largest absolute Gasteiger partial charge is 0.354 e. The van der Waals surface area contributed by atoms with Gasteiger partial charge in [0, 0.05) is 12.1 Å². The minimum atomic E-state index is -2.51. The number of hydrogen-bond acceptors (Lipinski definition) is 1. The van der Waals surface area contributed by atoms with Gasteiger partial charge in [0.2, 0.25) is 11.6 Å². The van der Waals surface area contributed by atoms with Gasteiger partial charge in [-0.2, -0.15) is 0 Å². The van der Waals surface area contributed by atoms with E-state index in [4.69, 9.17) is 0 Å². The Morgan fingerprint density at radius 1 is 0.448 bits per heavy atom. The summed E-state index contributed by atoms with van der Waals surface area (Å²) in [6, 6.07) is 0.599. The monoisotopic (exact) mass is 427 g/mol. The number of rotatable bonds is 2. The Hall–Kier alpha value is -3.31. The second kappa shape index (κ2) is 6.94. The van der Waals surface area contributed by atoms with Crippen molar-refractivity contribution in [1.82, 2.24) is 4.98 Å². The molecule has 0 radical (unpaired) electrons. The molecule has 3 rings (SSSR count). The Kier molecular flexibility index (Phi) is 4.89. The summed E-state index contributed by atoms with van der Waals surface area (Å²) < 4.78 is 136.